The second-order valence-electron chi connectivity index (χ2n) is 4.87. The summed E-state index contributed by atoms with van der Waals surface area (Å²) in [6.07, 6.45) is 4.00. The molecule has 1 fully saturated rings. The lowest BCUT2D eigenvalue weighted by Gasteiger charge is -2.26. The third-order valence-electron chi connectivity index (χ3n) is 3.43. The number of hydrogen-bond acceptors (Lipinski definition) is 3. The monoisotopic (exact) mass is 234 g/mol. The Labute approximate surface area is 103 Å². The van der Waals surface area contributed by atoms with Gasteiger partial charge in [0.25, 0.3) is 0 Å². The summed E-state index contributed by atoms with van der Waals surface area (Å²) in [5, 5.41) is 9.07. The molecule has 3 N–H and O–H groups in total. The fraction of sp³-hybridized carbons (Fsp3) is 0.571. The second-order valence-corrected chi connectivity index (χ2v) is 4.87. The highest BCUT2D eigenvalue weighted by atomic mass is 16.3. The zero-order chi connectivity index (χ0) is 12.1. The maximum Gasteiger partial charge on any atom is 0.0624 e. The van der Waals surface area contributed by atoms with Crippen LogP contribution >= 0.6 is 0 Å². The Morgan fingerprint density at radius 3 is 2.71 bits per heavy atom. The summed E-state index contributed by atoms with van der Waals surface area (Å²) in [5.74, 6) is 0. The highest BCUT2D eigenvalue weighted by Crippen LogP contribution is 2.16. The molecule has 3 heteroatoms. The van der Waals surface area contributed by atoms with E-state index in [1.807, 2.05) is 12.1 Å². The molecule has 94 valence electrons. The summed E-state index contributed by atoms with van der Waals surface area (Å²) >= 11 is 0. The van der Waals surface area contributed by atoms with Crippen LogP contribution < -0.4 is 5.73 Å². The number of aliphatic hydroxyl groups excluding tert-OH is 1. The van der Waals surface area contributed by atoms with Crippen LogP contribution in [-0.4, -0.2) is 29.7 Å². The smallest absolute Gasteiger partial charge is 0.0624 e. The summed E-state index contributed by atoms with van der Waals surface area (Å²) in [4.78, 5) is 2.49. The molecule has 1 aromatic rings. The molecule has 1 atom stereocenters. The molecule has 2 rings (SSSR count). The molecule has 0 amide bonds. The Morgan fingerprint density at radius 1 is 1.24 bits per heavy atom. The molecule has 0 bridgehead atoms. The maximum atomic E-state index is 9.07. The van der Waals surface area contributed by atoms with E-state index in [9.17, 15) is 0 Å². The quantitative estimate of drug-likeness (QED) is 0.833. The van der Waals surface area contributed by atoms with E-state index in [2.05, 4.69) is 17.0 Å². The molecule has 0 aromatic heterocycles. The van der Waals surface area contributed by atoms with Crippen molar-refractivity contribution >= 4 is 0 Å². The van der Waals surface area contributed by atoms with Crippen molar-refractivity contribution in [1.29, 1.82) is 0 Å². The van der Waals surface area contributed by atoms with Crippen molar-refractivity contribution in [2.75, 3.05) is 19.7 Å². The summed E-state index contributed by atoms with van der Waals surface area (Å²) in [6.45, 7) is 3.42. The van der Waals surface area contributed by atoms with Crippen molar-refractivity contribution in [2.45, 2.75) is 31.8 Å². The number of nitrogens with two attached hydrogens (primary N) is 1. The van der Waals surface area contributed by atoms with E-state index in [0.29, 0.717) is 0 Å². The van der Waals surface area contributed by atoms with Gasteiger partial charge in [-0.3, -0.25) is 4.90 Å². The average molecular weight is 234 g/mol. The lowest BCUT2D eigenvalue weighted by Crippen LogP contribution is -2.29. The van der Waals surface area contributed by atoms with Gasteiger partial charge in [0.2, 0.25) is 0 Å². The number of benzene rings is 1. The predicted molar refractivity (Wildman–Crippen MR) is 69.6 cm³/mol. The van der Waals surface area contributed by atoms with Crippen molar-refractivity contribution in [3.63, 3.8) is 0 Å². The van der Waals surface area contributed by atoms with Gasteiger partial charge in [-0.1, -0.05) is 30.7 Å². The van der Waals surface area contributed by atoms with Crippen LogP contribution in [0.15, 0.2) is 24.3 Å². The first-order chi connectivity index (χ1) is 8.29. The van der Waals surface area contributed by atoms with Crippen LogP contribution in [0.5, 0.6) is 0 Å². The van der Waals surface area contributed by atoms with E-state index in [-0.39, 0.29) is 12.6 Å². The predicted octanol–water partition coefficient (Wildman–Crippen LogP) is 1.66. The van der Waals surface area contributed by atoms with Gasteiger partial charge in [0, 0.05) is 6.54 Å². The Morgan fingerprint density at radius 2 is 2.00 bits per heavy atom. The average Bonchev–Trinajstić information content (AvgIpc) is 2.39. The van der Waals surface area contributed by atoms with E-state index >= 15 is 0 Å². The number of aliphatic hydroxyl groups is 1. The summed E-state index contributed by atoms with van der Waals surface area (Å²) < 4.78 is 0. The Kier molecular flexibility index (Phi) is 4.54. The van der Waals surface area contributed by atoms with E-state index in [4.69, 9.17) is 10.8 Å². The van der Waals surface area contributed by atoms with Crippen LogP contribution in [0.3, 0.4) is 0 Å². The fourth-order valence-corrected chi connectivity index (χ4v) is 2.40. The molecule has 17 heavy (non-hydrogen) atoms. The van der Waals surface area contributed by atoms with Gasteiger partial charge < -0.3 is 10.8 Å². The topological polar surface area (TPSA) is 49.5 Å². The molecule has 0 radical (unpaired) electrons. The third-order valence-corrected chi connectivity index (χ3v) is 3.43. The largest absolute Gasteiger partial charge is 0.394 e. The molecule has 1 aliphatic rings. The lowest BCUT2D eigenvalue weighted by molar-refractivity contribution is 0.220. The SMILES string of the molecule is NC(CO)c1cccc(CN2CCCCC2)c1. The van der Waals surface area contributed by atoms with E-state index in [1.165, 1.54) is 37.9 Å². The van der Waals surface area contributed by atoms with Gasteiger partial charge >= 0.3 is 0 Å². The summed E-state index contributed by atoms with van der Waals surface area (Å²) in [6, 6.07) is 8.03. The minimum Gasteiger partial charge on any atom is -0.394 e. The summed E-state index contributed by atoms with van der Waals surface area (Å²) in [7, 11) is 0. The number of likely N-dealkylation sites (tertiary alicyclic amines) is 1. The van der Waals surface area contributed by atoms with Gasteiger partial charge in [-0.05, 0) is 37.1 Å². The Balaban J connectivity index is 2.00. The maximum absolute atomic E-state index is 9.07. The van der Waals surface area contributed by atoms with Gasteiger partial charge in [0.1, 0.15) is 0 Å². The number of hydrogen-bond donors (Lipinski definition) is 2. The zero-order valence-corrected chi connectivity index (χ0v) is 10.3. The van der Waals surface area contributed by atoms with Crippen LogP contribution in [0.25, 0.3) is 0 Å². The highest BCUT2D eigenvalue weighted by molar-refractivity contribution is 5.26. The van der Waals surface area contributed by atoms with Crippen molar-refractivity contribution < 1.29 is 5.11 Å². The first-order valence-electron chi connectivity index (χ1n) is 6.47. The minimum absolute atomic E-state index is 0.00711. The Hall–Kier alpha value is -0.900. The first-order valence-corrected chi connectivity index (χ1v) is 6.47. The molecule has 0 aliphatic carbocycles. The first kappa shape index (κ1) is 12.6. The van der Waals surface area contributed by atoms with E-state index in [1.54, 1.807) is 0 Å². The summed E-state index contributed by atoms with van der Waals surface area (Å²) in [5.41, 5.74) is 8.16. The van der Waals surface area contributed by atoms with Gasteiger partial charge in [0.05, 0.1) is 12.6 Å². The van der Waals surface area contributed by atoms with Crippen molar-refractivity contribution in [1.82, 2.24) is 4.90 Å². The van der Waals surface area contributed by atoms with Crippen molar-refractivity contribution in [3.05, 3.63) is 35.4 Å². The van der Waals surface area contributed by atoms with Crippen LogP contribution in [0.4, 0.5) is 0 Å². The fourth-order valence-electron chi connectivity index (χ4n) is 2.40. The lowest BCUT2D eigenvalue weighted by atomic mass is 10.0. The van der Waals surface area contributed by atoms with Crippen LogP contribution in [0.2, 0.25) is 0 Å². The third kappa shape index (κ3) is 3.53. The van der Waals surface area contributed by atoms with Crippen LogP contribution in [0, 0.1) is 0 Å². The van der Waals surface area contributed by atoms with Crippen LogP contribution in [0.1, 0.15) is 36.4 Å². The number of nitrogens with zero attached hydrogens (tertiary/aromatic N) is 1. The van der Waals surface area contributed by atoms with E-state index < -0.39 is 0 Å². The number of rotatable bonds is 4. The van der Waals surface area contributed by atoms with Gasteiger partial charge in [-0.15, -0.1) is 0 Å². The molecule has 1 saturated heterocycles. The molecule has 1 unspecified atom stereocenters. The molecule has 1 aromatic carbocycles. The molecule has 1 aliphatic heterocycles. The van der Waals surface area contributed by atoms with Gasteiger partial charge in [-0.25, -0.2) is 0 Å². The normalized spacial score (nSPS) is 19.2. The standard InChI is InChI=1S/C14H22N2O/c15-14(11-17)13-6-4-5-12(9-13)10-16-7-2-1-3-8-16/h4-6,9,14,17H,1-3,7-8,10-11,15H2. The molecule has 1 heterocycles. The van der Waals surface area contributed by atoms with Gasteiger partial charge in [0.15, 0.2) is 0 Å². The molecule has 0 spiro atoms. The molecule has 3 nitrogen and oxygen atoms in total. The zero-order valence-electron chi connectivity index (χ0n) is 10.3. The minimum atomic E-state index is -0.253. The van der Waals surface area contributed by atoms with Gasteiger partial charge in [-0.2, -0.15) is 0 Å². The molecular weight excluding hydrogens is 212 g/mol. The number of piperidine rings is 1. The van der Waals surface area contributed by atoms with Crippen molar-refractivity contribution in [2.24, 2.45) is 5.73 Å². The van der Waals surface area contributed by atoms with Crippen LogP contribution in [-0.2, 0) is 6.54 Å². The van der Waals surface area contributed by atoms with Crippen molar-refractivity contribution in [3.8, 4) is 0 Å². The Bertz CT molecular complexity index is 348. The second kappa shape index (κ2) is 6.15. The molecule has 0 saturated carbocycles. The molecular formula is C14H22N2O. The highest BCUT2D eigenvalue weighted by Gasteiger charge is 2.11. The van der Waals surface area contributed by atoms with E-state index in [0.717, 1.165) is 12.1 Å².